The predicted molar refractivity (Wildman–Crippen MR) is 63.3 cm³/mol. The van der Waals surface area contributed by atoms with Gasteiger partial charge in [-0.1, -0.05) is 24.0 Å². The Kier molecular flexibility index (Phi) is 4.49. The summed E-state index contributed by atoms with van der Waals surface area (Å²) in [6.07, 6.45) is 0.683. The Balaban J connectivity index is 3.00. The number of nitro groups is 1. The lowest BCUT2D eigenvalue weighted by atomic mass is 10.1. The van der Waals surface area contributed by atoms with E-state index in [1.807, 2.05) is 20.0 Å². The summed E-state index contributed by atoms with van der Waals surface area (Å²) in [5, 5.41) is 13.8. The van der Waals surface area contributed by atoms with Crippen LogP contribution in [0.3, 0.4) is 0 Å². The van der Waals surface area contributed by atoms with E-state index in [1.54, 1.807) is 6.07 Å². The minimum Gasteiger partial charge on any atom is -0.319 e. The van der Waals surface area contributed by atoms with Gasteiger partial charge >= 0.3 is 0 Å². The summed E-state index contributed by atoms with van der Waals surface area (Å²) in [6, 6.07) is 4.98. The Morgan fingerprint density at radius 2 is 2.25 bits per heavy atom. The van der Waals surface area contributed by atoms with Crippen molar-refractivity contribution in [2.45, 2.75) is 13.3 Å². The summed E-state index contributed by atoms with van der Waals surface area (Å²) in [5.74, 6) is 5.79. The molecule has 0 saturated carbocycles. The number of hydrogen-bond acceptors (Lipinski definition) is 3. The highest BCUT2D eigenvalue weighted by atomic mass is 16.6. The molecule has 0 aromatic heterocycles. The van der Waals surface area contributed by atoms with Gasteiger partial charge in [-0.2, -0.15) is 0 Å². The molecule has 1 rings (SSSR count). The molecule has 1 aromatic carbocycles. The van der Waals surface area contributed by atoms with Gasteiger partial charge in [0.15, 0.2) is 0 Å². The van der Waals surface area contributed by atoms with Gasteiger partial charge in [-0.15, -0.1) is 0 Å². The molecule has 4 heteroatoms. The minimum absolute atomic E-state index is 0.0805. The number of nitrogens with one attached hydrogen (secondary N) is 1. The molecule has 0 fully saturated rings. The van der Waals surface area contributed by atoms with E-state index in [2.05, 4.69) is 17.2 Å². The molecule has 16 heavy (non-hydrogen) atoms. The molecule has 1 aromatic rings. The monoisotopic (exact) mass is 218 g/mol. The zero-order valence-corrected chi connectivity index (χ0v) is 9.41. The highest BCUT2D eigenvalue weighted by molar-refractivity contribution is 5.55. The number of aryl methyl sites for hydroxylation is 1. The molecule has 0 radical (unpaired) electrons. The standard InChI is InChI=1S/C12H14N2O2/c1-10-6-5-8-12(14(15)16)11(10)7-3-4-9-13-2/h5-6,8,13H,4,9H2,1-2H3. The normalized spacial score (nSPS) is 9.38. The van der Waals surface area contributed by atoms with Crippen molar-refractivity contribution in [2.24, 2.45) is 0 Å². The first-order valence-electron chi connectivity index (χ1n) is 5.04. The third-order valence-corrected chi connectivity index (χ3v) is 2.16. The Morgan fingerprint density at radius 3 is 2.88 bits per heavy atom. The highest BCUT2D eigenvalue weighted by Crippen LogP contribution is 2.20. The Morgan fingerprint density at radius 1 is 1.50 bits per heavy atom. The van der Waals surface area contributed by atoms with Gasteiger partial charge in [-0.25, -0.2) is 0 Å². The number of rotatable bonds is 3. The van der Waals surface area contributed by atoms with Crippen LogP contribution < -0.4 is 5.32 Å². The molecule has 0 aliphatic rings. The summed E-state index contributed by atoms with van der Waals surface area (Å²) >= 11 is 0. The van der Waals surface area contributed by atoms with Crippen LogP contribution in [0.5, 0.6) is 0 Å². The molecule has 0 saturated heterocycles. The lowest BCUT2D eigenvalue weighted by molar-refractivity contribution is -0.385. The maximum Gasteiger partial charge on any atom is 0.285 e. The number of nitrogens with zero attached hydrogens (tertiary/aromatic N) is 1. The van der Waals surface area contributed by atoms with Crippen LogP contribution in [-0.4, -0.2) is 18.5 Å². The minimum atomic E-state index is -0.394. The lowest BCUT2D eigenvalue weighted by Gasteiger charge is -1.98. The van der Waals surface area contributed by atoms with Crippen LogP contribution in [0.15, 0.2) is 18.2 Å². The Labute approximate surface area is 94.8 Å². The average Bonchev–Trinajstić information content (AvgIpc) is 2.25. The Hall–Kier alpha value is -1.86. The fourth-order valence-electron chi connectivity index (χ4n) is 1.31. The average molecular weight is 218 g/mol. The van der Waals surface area contributed by atoms with Crippen LogP contribution in [0.25, 0.3) is 0 Å². The molecule has 0 amide bonds. The number of nitro benzene ring substituents is 1. The van der Waals surface area contributed by atoms with E-state index in [-0.39, 0.29) is 5.69 Å². The summed E-state index contributed by atoms with van der Waals surface area (Å²) in [4.78, 5) is 10.4. The van der Waals surface area contributed by atoms with Crippen LogP contribution in [0, 0.1) is 28.9 Å². The topological polar surface area (TPSA) is 55.2 Å². The molecular formula is C12H14N2O2. The predicted octanol–water partition coefficient (Wildman–Crippen LogP) is 1.86. The van der Waals surface area contributed by atoms with Crippen molar-refractivity contribution in [3.8, 4) is 11.8 Å². The fraction of sp³-hybridized carbons (Fsp3) is 0.333. The van der Waals surface area contributed by atoms with Crippen molar-refractivity contribution >= 4 is 5.69 Å². The smallest absolute Gasteiger partial charge is 0.285 e. The molecular weight excluding hydrogens is 204 g/mol. The maximum atomic E-state index is 10.8. The number of benzene rings is 1. The molecule has 0 aliphatic heterocycles. The van der Waals surface area contributed by atoms with Crippen LogP contribution in [0.4, 0.5) is 5.69 Å². The third kappa shape index (κ3) is 3.07. The molecule has 0 aliphatic carbocycles. The van der Waals surface area contributed by atoms with Crippen LogP contribution in [0.2, 0.25) is 0 Å². The summed E-state index contributed by atoms with van der Waals surface area (Å²) in [5.41, 5.74) is 1.44. The van der Waals surface area contributed by atoms with Crippen LogP contribution in [-0.2, 0) is 0 Å². The van der Waals surface area contributed by atoms with E-state index in [4.69, 9.17) is 0 Å². The van der Waals surface area contributed by atoms with Crippen LogP contribution >= 0.6 is 0 Å². The van der Waals surface area contributed by atoms with Gasteiger partial charge in [0.1, 0.15) is 5.56 Å². The van der Waals surface area contributed by atoms with Crippen molar-refractivity contribution in [2.75, 3.05) is 13.6 Å². The zero-order chi connectivity index (χ0) is 12.0. The van der Waals surface area contributed by atoms with Crippen LogP contribution in [0.1, 0.15) is 17.5 Å². The SMILES string of the molecule is CNCCC#Cc1c(C)cccc1[N+](=O)[O-]. The van der Waals surface area contributed by atoms with Gasteiger partial charge in [-0.3, -0.25) is 10.1 Å². The lowest BCUT2D eigenvalue weighted by Crippen LogP contribution is -2.06. The number of hydrogen-bond donors (Lipinski definition) is 1. The van der Waals surface area contributed by atoms with Gasteiger partial charge in [0, 0.05) is 19.0 Å². The van der Waals surface area contributed by atoms with Crippen molar-refractivity contribution in [1.29, 1.82) is 0 Å². The van der Waals surface area contributed by atoms with Gasteiger partial charge in [0.25, 0.3) is 5.69 Å². The highest BCUT2D eigenvalue weighted by Gasteiger charge is 2.12. The summed E-state index contributed by atoms with van der Waals surface area (Å²) < 4.78 is 0. The van der Waals surface area contributed by atoms with Gasteiger partial charge in [0.2, 0.25) is 0 Å². The summed E-state index contributed by atoms with van der Waals surface area (Å²) in [6.45, 7) is 2.61. The van der Waals surface area contributed by atoms with Gasteiger partial charge < -0.3 is 5.32 Å². The van der Waals surface area contributed by atoms with Crippen molar-refractivity contribution in [3.05, 3.63) is 39.4 Å². The fourth-order valence-corrected chi connectivity index (χ4v) is 1.31. The maximum absolute atomic E-state index is 10.8. The van der Waals surface area contributed by atoms with E-state index in [0.717, 1.165) is 12.1 Å². The van der Waals surface area contributed by atoms with E-state index in [9.17, 15) is 10.1 Å². The quantitative estimate of drug-likeness (QED) is 0.364. The molecule has 0 heterocycles. The Bertz CT molecular complexity index is 444. The van der Waals surface area contributed by atoms with Crippen molar-refractivity contribution in [3.63, 3.8) is 0 Å². The summed E-state index contributed by atoms with van der Waals surface area (Å²) in [7, 11) is 1.85. The molecule has 0 atom stereocenters. The van der Waals surface area contributed by atoms with Gasteiger partial charge in [-0.05, 0) is 19.5 Å². The largest absolute Gasteiger partial charge is 0.319 e. The first-order chi connectivity index (χ1) is 7.66. The zero-order valence-electron chi connectivity index (χ0n) is 9.41. The van der Waals surface area contributed by atoms with E-state index < -0.39 is 4.92 Å². The second-order valence-electron chi connectivity index (χ2n) is 3.38. The van der Waals surface area contributed by atoms with E-state index >= 15 is 0 Å². The van der Waals surface area contributed by atoms with Crippen molar-refractivity contribution < 1.29 is 4.92 Å². The van der Waals surface area contributed by atoms with E-state index in [1.165, 1.54) is 6.07 Å². The molecule has 0 bridgehead atoms. The second-order valence-corrected chi connectivity index (χ2v) is 3.38. The first-order valence-corrected chi connectivity index (χ1v) is 5.04. The first kappa shape index (κ1) is 12.2. The molecule has 84 valence electrons. The van der Waals surface area contributed by atoms with Crippen molar-refractivity contribution in [1.82, 2.24) is 5.32 Å². The third-order valence-electron chi connectivity index (χ3n) is 2.16. The molecule has 0 spiro atoms. The molecule has 0 unspecified atom stereocenters. The molecule has 4 nitrogen and oxygen atoms in total. The van der Waals surface area contributed by atoms with E-state index in [0.29, 0.717) is 12.0 Å². The molecule has 1 N–H and O–H groups in total. The second kappa shape index (κ2) is 5.89. The van der Waals surface area contributed by atoms with Gasteiger partial charge in [0.05, 0.1) is 4.92 Å².